The molecular weight excluding hydrogens is 323 g/mol. The Morgan fingerprint density at radius 2 is 1.70 bits per heavy atom. The van der Waals surface area contributed by atoms with Gasteiger partial charge in [0.25, 0.3) is 5.56 Å². The Bertz CT molecular complexity index is 816. The quantitative estimate of drug-likeness (QED) is 0.737. The van der Waals surface area contributed by atoms with Gasteiger partial charge in [-0.05, 0) is 25.0 Å². The average molecular weight is 342 g/mol. The third-order valence-corrected chi connectivity index (χ3v) is 4.22. The van der Waals surface area contributed by atoms with Crippen LogP contribution >= 0.6 is 7.82 Å². The molecule has 2 aromatic rings. The number of aromatic amines is 1. The van der Waals surface area contributed by atoms with Crippen LogP contribution < -0.4 is 15.9 Å². The zero-order valence-corrected chi connectivity index (χ0v) is 13.9. The molecule has 2 rings (SSSR count). The molecule has 1 heterocycles. The van der Waals surface area contributed by atoms with Crippen LogP contribution in [-0.4, -0.2) is 22.9 Å². The van der Waals surface area contributed by atoms with E-state index < -0.39 is 19.1 Å². The highest BCUT2D eigenvalue weighted by Crippen LogP contribution is 2.45. The minimum absolute atomic E-state index is 0.112. The summed E-state index contributed by atoms with van der Waals surface area (Å²) in [5, 5.41) is 0.227. The summed E-state index contributed by atoms with van der Waals surface area (Å²) in [4.78, 5) is 26.9. The van der Waals surface area contributed by atoms with Crippen LogP contribution in [0.15, 0.2) is 33.9 Å². The molecule has 1 aromatic heterocycles. The predicted octanol–water partition coefficient (Wildman–Crippen LogP) is 2.08. The summed E-state index contributed by atoms with van der Waals surface area (Å²) < 4.78 is 28.2. The summed E-state index contributed by atoms with van der Waals surface area (Å²) in [5.41, 5.74) is -1.22. The van der Waals surface area contributed by atoms with Crippen molar-refractivity contribution >= 4 is 18.7 Å². The number of phosphoric ester groups is 1. The van der Waals surface area contributed by atoms with Crippen molar-refractivity contribution in [2.24, 2.45) is 0 Å². The molecule has 126 valence electrons. The van der Waals surface area contributed by atoms with Gasteiger partial charge in [-0.15, -0.1) is 0 Å². The van der Waals surface area contributed by atoms with Gasteiger partial charge < -0.3 is 9.61 Å². The number of phosphoric acid groups is 1. The molecule has 8 nitrogen and oxygen atoms in total. The van der Waals surface area contributed by atoms with Gasteiger partial charge in [-0.25, -0.2) is 9.36 Å². The van der Waals surface area contributed by atoms with Crippen molar-refractivity contribution < 1.29 is 18.2 Å². The minimum Gasteiger partial charge on any atom is -0.304 e. The first-order valence-electron chi connectivity index (χ1n) is 7.34. The molecule has 0 unspecified atom stereocenters. The van der Waals surface area contributed by atoms with E-state index in [2.05, 4.69) is 4.98 Å². The van der Waals surface area contributed by atoms with E-state index in [0.717, 1.165) is 0 Å². The lowest BCUT2D eigenvalue weighted by Crippen LogP contribution is -2.39. The number of aromatic nitrogens is 2. The highest BCUT2D eigenvalue weighted by molar-refractivity contribution is 7.48. The summed E-state index contributed by atoms with van der Waals surface area (Å²) in [6, 6.07) is 6.44. The number of H-pyrrole nitrogens is 1. The van der Waals surface area contributed by atoms with E-state index >= 15 is 0 Å². The van der Waals surface area contributed by atoms with Gasteiger partial charge in [0, 0.05) is 0 Å². The molecule has 1 N–H and O–H groups in total. The van der Waals surface area contributed by atoms with Crippen molar-refractivity contribution in [1.29, 1.82) is 0 Å². The Morgan fingerprint density at radius 3 is 2.30 bits per heavy atom. The normalized spacial score (nSPS) is 11.7. The molecule has 23 heavy (non-hydrogen) atoms. The highest BCUT2D eigenvalue weighted by Gasteiger charge is 2.30. The molecule has 0 saturated heterocycles. The van der Waals surface area contributed by atoms with Crippen LogP contribution in [0.2, 0.25) is 0 Å². The van der Waals surface area contributed by atoms with E-state index in [1.807, 2.05) is 13.8 Å². The second-order valence-electron chi connectivity index (χ2n) is 4.77. The first kappa shape index (κ1) is 17.5. The van der Waals surface area contributed by atoms with Gasteiger partial charge >= 0.3 is 13.5 Å². The van der Waals surface area contributed by atoms with Crippen molar-refractivity contribution in [3.8, 4) is 0 Å². The summed E-state index contributed by atoms with van der Waals surface area (Å²) in [6.45, 7) is 3.86. The molecular formula is C14H19N2O6P. The number of benzene rings is 1. The van der Waals surface area contributed by atoms with E-state index in [9.17, 15) is 14.2 Å². The molecule has 0 radical (unpaired) electrons. The van der Waals surface area contributed by atoms with E-state index in [-0.39, 0.29) is 18.6 Å². The molecule has 0 aliphatic carbocycles. The van der Waals surface area contributed by atoms with Crippen molar-refractivity contribution in [2.45, 2.75) is 26.7 Å². The maximum atomic E-state index is 12.6. The van der Waals surface area contributed by atoms with Crippen LogP contribution in [-0.2, 0) is 13.6 Å². The van der Waals surface area contributed by atoms with Crippen LogP contribution in [0.1, 0.15) is 26.7 Å². The Hall–Kier alpha value is -1.89. The van der Waals surface area contributed by atoms with Gasteiger partial charge in [-0.1, -0.05) is 30.7 Å². The first-order chi connectivity index (χ1) is 11.0. The monoisotopic (exact) mass is 342 g/mol. The number of nitrogens with zero attached hydrogens (tertiary/aromatic N) is 1. The molecule has 0 saturated carbocycles. The number of fused-ring (bicyclic) bond motifs is 1. The molecule has 9 heteroatoms. The zero-order valence-electron chi connectivity index (χ0n) is 13.0. The second kappa shape index (κ2) is 7.59. The SMILES string of the molecule is CCCOP(=O)(OCCC)On1c(=O)[nH]c2ccccc2c1=O. The Balaban J connectivity index is 2.43. The molecule has 1 aromatic carbocycles. The second-order valence-corrected chi connectivity index (χ2v) is 6.34. The summed E-state index contributed by atoms with van der Waals surface area (Å²) >= 11 is 0. The molecule has 0 aliphatic rings. The smallest absolute Gasteiger partial charge is 0.304 e. The van der Waals surface area contributed by atoms with Gasteiger partial charge in [0.1, 0.15) is 0 Å². The van der Waals surface area contributed by atoms with Crippen LogP contribution in [0.4, 0.5) is 0 Å². The average Bonchev–Trinajstić information content (AvgIpc) is 2.55. The van der Waals surface area contributed by atoms with Crippen LogP contribution in [0.3, 0.4) is 0 Å². The van der Waals surface area contributed by atoms with E-state index in [0.29, 0.717) is 23.1 Å². The van der Waals surface area contributed by atoms with E-state index in [1.54, 1.807) is 18.2 Å². The third kappa shape index (κ3) is 4.10. The fourth-order valence-corrected chi connectivity index (χ4v) is 3.14. The Labute approximate surface area is 132 Å². The number of nitrogens with one attached hydrogen (secondary N) is 1. The predicted molar refractivity (Wildman–Crippen MR) is 85.5 cm³/mol. The number of para-hydroxylation sites is 1. The molecule has 0 bridgehead atoms. The van der Waals surface area contributed by atoms with Gasteiger partial charge in [-0.3, -0.25) is 13.8 Å². The summed E-state index contributed by atoms with van der Waals surface area (Å²) in [6.07, 6.45) is 1.15. The van der Waals surface area contributed by atoms with Crippen LogP contribution in [0.5, 0.6) is 0 Å². The largest absolute Gasteiger partial charge is 0.549 e. The Kier molecular flexibility index (Phi) is 5.76. The van der Waals surface area contributed by atoms with Crippen molar-refractivity contribution in [3.63, 3.8) is 0 Å². The molecule has 0 fully saturated rings. The van der Waals surface area contributed by atoms with Crippen LogP contribution in [0, 0.1) is 0 Å². The Morgan fingerprint density at radius 1 is 1.09 bits per heavy atom. The first-order valence-corrected chi connectivity index (χ1v) is 8.80. The number of hydrogen-bond donors (Lipinski definition) is 1. The summed E-state index contributed by atoms with van der Waals surface area (Å²) in [5.74, 6) is 0. The fraction of sp³-hybridized carbons (Fsp3) is 0.429. The number of rotatable bonds is 8. The van der Waals surface area contributed by atoms with Crippen LogP contribution in [0.25, 0.3) is 10.9 Å². The third-order valence-electron chi connectivity index (χ3n) is 2.86. The maximum absolute atomic E-state index is 12.6. The zero-order chi connectivity index (χ0) is 16.9. The minimum atomic E-state index is -4.06. The fourth-order valence-electron chi connectivity index (χ4n) is 1.81. The van der Waals surface area contributed by atoms with Crippen molar-refractivity contribution in [3.05, 3.63) is 45.1 Å². The van der Waals surface area contributed by atoms with E-state index in [1.165, 1.54) is 6.07 Å². The van der Waals surface area contributed by atoms with E-state index in [4.69, 9.17) is 13.7 Å². The lowest BCUT2D eigenvalue weighted by molar-refractivity contribution is 0.0967. The highest BCUT2D eigenvalue weighted by atomic mass is 31.2. The van der Waals surface area contributed by atoms with Gasteiger partial charge in [0.05, 0.1) is 24.1 Å². The van der Waals surface area contributed by atoms with Gasteiger partial charge in [0.15, 0.2) is 0 Å². The lowest BCUT2D eigenvalue weighted by atomic mass is 10.2. The molecule has 0 spiro atoms. The van der Waals surface area contributed by atoms with Crippen molar-refractivity contribution in [2.75, 3.05) is 13.2 Å². The molecule has 0 atom stereocenters. The lowest BCUT2D eigenvalue weighted by Gasteiger charge is -2.17. The van der Waals surface area contributed by atoms with Gasteiger partial charge in [-0.2, -0.15) is 0 Å². The molecule has 0 amide bonds. The van der Waals surface area contributed by atoms with Gasteiger partial charge in [0.2, 0.25) is 0 Å². The summed E-state index contributed by atoms with van der Waals surface area (Å²) in [7, 11) is -4.06. The topological polar surface area (TPSA) is 99.6 Å². The van der Waals surface area contributed by atoms with Crippen molar-refractivity contribution in [1.82, 2.24) is 9.71 Å². The molecule has 0 aliphatic heterocycles. The standard InChI is InChI=1S/C14H19N2O6P/c1-3-9-20-23(19,21-10-4-2)22-16-13(17)11-7-5-6-8-12(11)15-14(16)18/h5-8H,3-4,9-10H2,1-2H3,(H,15,18). The number of hydrogen-bond acceptors (Lipinski definition) is 6. The maximum Gasteiger partial charge on any atom is 0.549 e.